The van der Waals surface area contributed by atoms with Crippen LogP contribution in [-0.4, -0.2) is 21.5 Å². The Morgan fingerprint density at radius 3 is 2.88 bits per heavy atom. The molecule has 0 amide bonds. The van der Waals surface area contributed by atoms with E-state index in [2.05, 4.69) is 49.8 Å². The first-order chi connectivity index (χ1) is 7.72. The van der Waals surface area contributed by atoms with Crippen molar-refractivity contribution in [1.82, 2.24) is 15.0 Å². The molecule has 0 spiro atoms. The third-order valence-electron chi connectivity index (χ3n) is 2.01. The van der Waals surface area contributed by atoms with Gasteiger partial charge < -0.3 is 5.32 Å². The summed E-state index contributed by atoms with van der Waals surface area (Å²) in [4.78, 5) is 14.0. The predicted molar refractivity (Wildman–Crippen MR) is 74.8 cm³/mol. The third kappa shape index (κ3) is 2.32. The summed E-state index contributed by atoms with van der Waals surface area (Å²) >= 11 is 3.81. The minimum absolute atomic E-state index is 0.747. The van der Waals surface area contributed by atoms with Gasteiger partial charge in [0.15, 0.2) is 5.82 Å². The summed E-state index contributed by atoms with van der Waals surface area (Å²) in [7, 11) is 0. The Morgan fingerprint density at radius 2 is 2.25 bits per heavy atom. The number of halogens is 1. The summed E-state index contributed by atoms with van der Waals surface area (Å²) in [5.74, 6) is 1.65. The molecular formula is C10H11IN4S. The molecule has 0 radical (unpaired) electrons. The van der Waals surface area contributed by atoms with Crippen molar-refractivity contribution in [2.75, 3.05) is 11.9 Å². The number of hydrogen-bond donors (Lipinski definition) is 1. The molecule has 6 heteroatoms. The van der Waals surface area contributed by atoms with E-state index in [4.69, 9.17) is 0 Å². The molecular weight excluding hydrogens is 335 g/mol. The second kappa shape index (κ2) is 5.05. The summed E-state index contributed by atoms with van der Waals surface area (Å²) in [6, 6.07) is 0. The molecule has 0 saturated heterocycles. The van der Waals surface area contributed by atoms with Crippen molar-refractivity contribution in [2.45, 2.75) is 13.8 Å². The molecule has 0 bridgehead atoms. The number of anilines is 1. The van der Waals surface area contributed by atoms with Crippen molar-refractivity contribution in [3.05, 3.63) is 21.0 Å². The van der Waals surface area contributed by atoms with Crippen molar-refractivity contribution >= 4 is 39.7 Å². The van der Waals surface area contributed by atoms with Crippen LogP contribution in [-0.2, 0) is 0 Å². The van der Waals surface area contributed by atoms with E-state index in [0.29, 0.717) is 0 Å². The van der Waals surface area contributed by atoms with E-state index in [-0.39, 0.29) is 0 Å². The van der Waals surface area contributed by atoms with Crippen LogP contribution in [0, 0.1) is 10.5 Å². The molecule has 2 heterocycles. The third-order valence-corrected chi connectivity index (χ3v) is 4.07. The quantitative estimate of drug-likeness (QED) is 0.869. The Morgan fingerprint density at radius 1 is 1.44 bits per heavy atom. The summed E-state index contributed by atoms with van der Waals surface area (Å²) in [5.41, 5.74) is 2.79. The van der Waals surface area contributed by atoms with E-state index in [1.165, 1.54) is 0 Å². The van der Waals surface area contributed by atoms with Gasteiger partial charge in [0, 0.05) is 12.7 Å². The maximum atomic E-state index is 4.51. The molecule has 0 unspecified atom stereocenters. The first-order valence-electron chi connectivity index (χ1n) is 4.89. The largest absolute Gasteiger partial charge is 0.369 e. The highest BCUT2D eigenvalue weighted by Crippen LogP contribution is 2.25. The molecule has 0 fully saturated rings. The van der Waals surface area contributed by atoms with Gasteiger partial charge in [-0.1, -0.05) is 0 Å². The van der Waals surface area contributed by atoms with Crippen LogP contribution in [0.2, 0.25) is 0 Å². The van der Waals surface area contributed by atoms with E-state index in [9.17, 15) is 0 Å². The molecule has 0 atom stereocenters. The van der Waals surface area contributed by atoms with Gasteiger partial charge in [0.05, 0.1) is 19.7 Å². The fraction of sp³-hybridized carbons (Fsp3) is 0.300. The van der Waals surface area contributed by atoms with E-state index in [1.54, 1.807) is 23.0 Å². The van der Waals surface area contributed by atoms with E-state index >= 15 is 0 Å². The summed E-state index contributed by atoms with van der Waals surface area (Å²) < 4.78 is 1.08. The maximum absolute atomic E-state index is 4.51. The SMILES string of the molecule is CCNc1nc(-c2cncs2)nc(C)c1I. The lowest BCUT2D eigenvalue weighted by Crippen LogP contribution is -2.05. The van der Waals surface area contributed by atoms with Crippen LogP contribution in [0.3, 0.4) is 0 Å². The van der Waals surface area contributed by atoms with Crippen molar-refractivity contribution in [3.8, 4) is 10.7 Å². The lowest BCUT2D eigenvalue weighted by molar-refractivity contribution is 1.07. The minimum atomic E-state index is 0.747. The second-order valence-corrected chi connectivity index (χ2v) is 5.16. The van der Waals surface area contributed by atoms with Gasteiger partial charge in [-0.15, -0.1) is 11.3 Å². The Kier molecular flexibility index (Phi) is 3.70. The van der Waals surface area contributed by atoms with Crippen LogP contribution >= 0.6 is 33.9 Å². The Balaban J connectivity index is 2.48. The van der Waals surface area contributed by atoms with Gasteiger partial charge in [-0.25, -0.2) is 9.97 Å². The summed E-state index contributed by atoms with van der Waals surface area (Å²) in [6.07, 6.45) is 1.79. The van der Waals surface area contributed by atoms with Crippen LogP contribution in [0.25, 0.3) is 10.7 Å². The normalized spacial score (nSPS) is 10.4. The Hall–Kier alpha value is -0.760. The Labute approximate surface area is 112 Å². The van der Waals surface area contributed by atoms with Crippen molar-refractivity contribution in [1.29, 1.82) is 0 Å². The number of hydrogen-bond acceptors (Lipinski definition) is 5. The highest BCUT2D eigenvalue weighted by molar-refractivity contribution is 14.1. The first kappa shape index (κ1) is 11.7. The minimum Gasteiger partial charge on any atom is -0.369 e. The molecule has 84 valence electrons. The average Bonchev–Trinajstić information content (AvgIpc) is 2.78. The van der Waals surface area contributed by atoms with Gasteiger partial charge in [0.2, 0.25) is 0 Å². The highest BCUT2D eigenvalue weighted by atomic mass is 127. The summed E-state index contributed by atoms with van der Waals surface area (Å²) in [5, 5.41) is 3.24. The Bertz CT molecular complexity index is 484. The average molecular weight is 346 g/mol. The zero-order valence-corrected chi connectivity index (χ0v) is 12.0. The van der Waals surface area contributed by atoms with Crippen molar-refractivity contribution in [3.63, 3.8) is 0 Å². The van der Waals surface area contributed by atoms with Gasteiger partial charge >= 0.3 is 0 Å². The smallest absolute Gasteiger partial charge is 0.173 e. The number of nitrogens with one attached hydrogen (secondary N) is 1. The first-order valence-corrected chi connectivity index (χ1v) is 6.85. The highest BCUT2D eigenvalue weighted by Gasteiger charge is 2.10. The summed E-state index contributed by atoms with van der Waals surface area (Å²) in [6.45, 7) is 4.91. The molecule has 0 aliphatic rings. The van der Waals surface area contributed by atoms with Gasteiger partial charge in [-0.3, -0.25) is 4.98 Å². The van der Waals surface area contributed by atoms with Crippen LogP contribution in [0.1, 0.15) is 12.6 Å². The second-order valence-electron chi connectivity index (χ2n) is 3.19. The molecule has 1 N–H and O–H groups in total. The lowest BCUT2D eigenvalue weighted by Gasteiger charge is -2.08. The van der Waals surface area contributed by atoms with Crippen molar-refractivity contribution in [2.24, 2.45) is 0 Å². The molecule has 16 heavy (non-hydrogen) atoms. The number of aromatic nitrogens is 3. The van der Waals surface area contributed by atoms with E-state index < -0.39 is 0 Å². The van der Waals surface area contributed by atoms with Crippen LogP contribution in [0.4, 0.5) is 5.82 Å². The zero-order chi connectivity index (χ0) is 11.5. The number of nitrogens with zero attached hydrogens (tertiary/aromatic N) is 3. The molecule has 0 saturated carbocycles. The maximum Gasteiger partial charge on any atom is 0.173 e. The van der Waals surface area contributed by atoms with Crippen LogP contribution in [0.15, 0.2) is 11.7 Å². The number of rotatable bonds is 3. The molecule has 2 rings (SSSR count). The number of thiazole rings is 1. The lowest BCUT2D eigenvalue weighted by atomic mass is 10.4. The topological polar surface area (TPSA) is 50.7 Å². The molecule has 4 nitrogen and oxygen atoms in total. The molecule has 2 aromatic heterocycles. The van der Waals surface area contributed by atoms with Gasteiger partial charge in [0.1, 0.15) is 5.82 Å². The zero-order valence-electron chi connectivity index (χ0n) is 8.99. The van der Waals surface area contributed by atoms with Crippen molar-refractivity contribution < 1.29 is 0 Å². The fourth-order valence-corrected chi connectivity index (χ4v) is 2.27. The van der Waals surface area contributed by atoms with Crippen LogP contribution in [0.5, 0.6) is 0 Å². The predicted octanol–water partition coefficient (Wildman–Crippen LogP) is 2.94. The monoisotopic (exact) mass is 346 g/mol. The van der Waals surface area contributed by atoms with E-state index in [0.717, 1.165) is 32.3 Å². The fourth-order valence-electron chi connectivity index (χ4n) is 1.28. The van der Waals surface area contributed by atoms with Gasteiger partial charge in [-0.2, -0.15) is 0 Å². The van der Waals surface area contributed by atoms with Gasteiger partial charge in [-0.05, 0) is 36.4 Å². The molecule has 0 aliphatic carbocycles. The van der Waals surface area contributed by atoms with E-state index in [1.807, 2.05) is 6.92 Å². The molecule has 0 aliphatic heterocycles. The van der Waals surface area contributed by atoms with Gasteiger partial charge in [0.25, 0.3) is 0 Å². The molecule has 2 aromatic rings. The molecule has 0 aromatic carbocycles. The standard InChI is InChI=1S/C10H11IN4S/c1-3-13-10-8(11)6(2)14-9(15-10)7-4-12-5-16-7/h4-5H,3H2,1-2H3,(H,13,14,15). The number of aryl methyl sites for hydroxylation is 1. The van der Waals surface area contributed by atoms with Crippen LogP contribution < -0.4 is 5.32 Å².